The summed E-state index contributed by atoms with van der Waals surface area (Å²) in [6.45, 7) is 6.66. The summed E-state index contributed by atoms with van der Waals surface area (Å²) in [5.41, 5.74) is 0.137. The molecule has 0 unspecified atom stereocenters. The van der Waals surface area contributed by atoms with E-state index in [1.165, 1.54) is 0 Å². The third-order valence-electron chi connectivity index (χ3n) is 3.99. The first kappa shape index (κ1) is 17.7. The summed E-state index contributed by atoms with van der Waals surface area (Å²) in [7, 11) is 0. The zero-order chi connectivity index (χ0) is 17.1. The average molecular weight is 380 g/mol. The fourth-order valence-electron chi connectivity index (χ4n) is 2.68. The van der Waals surface area contributed by atoms with E-state index in [-0.39, 0.29) is 6.09 Å². The second kappa shape index (κ2) is 6.88. The second-order valence-electron chi connectivity index (χ2n) is 7.00. The van der Waals surface area contributed by atoms with Crippen LogP contribution in [0.2, 0.25) is 0 Å². The average Bonchev–Trinajstić information content (AvgIpc) is 2.48. The fourth-order valence-corrected chi connectivity index (χ4v) is 3.07. The van der Waals surface area contributed by atoms with E-state index in [1.807, 2.05) is 26.8 Å². The van der Waals surface area contributed by atoms with E-state index >= 15 is 0 Å². The van der Waals surface area contributed by atoms with E-state index in [2.05, 4.69) is 27.0 Å². The lowest BCUT2D eigenvalue weighted by molar-refractivity contribution is 0.0148. The summed E-state index contributed by atoms with van der Waals surface area (Å²) in [6, 6.07) is 4.41. The molecule has 1 aliphatic rings. The molecule has 124 valence electrons. The summed E-state index contributed by atoms with van der Waals surface area (Å²) in [5, 5.41) is 9.69. The quantitative estimate of drug-likeness (QED) is 0.780. The van der Waals surface area contributed by atoms with Crippen LogP contribution in [0.1, 0.15) is 39.2 Å². The Morgan fingerprint density at radius 3 is 2.65 bits per heavy atom. The van der Waals surface area contributed by atoms with Crippen LogP contribution in [0, 0.1) is 16.7 Å². The van der Waals surface area contributed by atoms with Crippen molar-refractivity contribution in [2.24, 2.45) is 5.41 Å². The molecule has 1 aromatic rings. The number of hydrogen-bond acceptors (Lipinski definition) is 4. The Morgan fingerprint density at radius 2 is 2.13 bits per heavy atom. The van der Waals surface area contributed by atoms with Crippen molar-refractivity contribution in [1.29, 1.82) is 5.26 Å². The molecule has 23 heavy (non-hydrogen) atoms. The van der Waals surface area contributed by atoms with Crippen LogP contribution in [0.4, 0.5) is 4.79 Å². The Kier molecular flexibility index (Phi) is 5.30. The highest BCUT2D eigenvalue weighted by molar-refractivity contribution is 9.10. The molecule has 1 saturated heterocycles. The van der Waals surface area contributed by atoms with Crippen molar-refractivity contribution >= 4 is 22.0 Å². The first-order valence-corrected chi connectivity index (χ1v) is 8.52. The number of halogens is 1. The van der Waals surface area contributed by atoms with Crippen molar-refractivity contribution in [2.45, 2.75) is 45.6 Å². The van der Waals surface area contributed by atoms with Crippen LogP contribution in [-0.4, -0.2) is 34.7 Å². The van der Waals surface area contributed by atoms with Gasteiger partial charge in [0.05, 0.1) is 11.5 Å². The monoisotopic (exact) mass is 379 g/mol. The lowest BCUT2D eigenvalue weighted by Gasteiger charge is -2.38. The van der Waals surface area contributed by atoms with Crippen LogP contribution in [-0.2, 0) is 11.2 Å². The summed E-state index contributed by atoms with van der Waals surface area (Å²) >= 11 is 3.49. The van der Waals surface area contributed by atoms with Crippen LogP contribution < -0.4 is 0 Å². The minimum Gasteiger partial charge on any atom is -0.444 e. The highest BCUT2D eigenvalue weighted by Crippen LogP contribution is 2.36. The number of rotatable bonds is 2. The summed E-state index contributed by atoms with van der Waals surface area (Å²) in [4.78, 5) is 17.9. The zero-order valence-corrected chi connectivity index (χ0v) is 15.4. The fraction of sp³-hybridized carbons (Fsp3) is 0.588. The molecule has 0 bridgehead atoms. The first-order chi connectivity index (χ1) is 10.7. The number of carbonyl (C=O) groups is 1. The molecule has 0 saturated carbocycles. The number of nitrogens with zero attached hydrogens (tertiary/aromatic N) is 3. The lowest BCUT2D eigenvalue weighted by Crippen LogP contribution is -2.45. The van der Waals surface area contributed by atoms with Gasteiger partial charge >= 0.3 is 6.09 Å². The maximum absolute atomic E-state index is 12.1. The Hall–Kier alpha value is -1.61. The number of amides is 1. The number of carbonyl (C=O) groups excluding carboxylic acids is 1. The number of piperidine rings is 1. The Morgan fingerprint density at radius 1 is 1.48 bits per heavy atom. The van der Waals surface area contributed by atoms with Crippen molar-refractivity contribution in [2.75, 3.05) is 13.1 Å². The Labute approximate surface area is 145 Å². The lowest BCUT2D eigenvalue weighted by atomic mass is 9.75. The van der Waals surface area contributed by atoms with Gasteiger partial charge in [-0.1, -0.05) is 0 Å². The molecule has 0 spiro atoms. The standard InChI is InChI=1S/C17H22BrN3O2/c1-16(2,3)23-15(22)21-8-5-17(12-19,6-9-21)10-13-4-7-20-11-14(13)18/h4,7,11H,5-6,8-10H2,1-3H3. The van der Waals surface area contributed by atoms with Gasteiger partial charge in [-0.2, -0.15) is 5.26 Å². The van der Waals surface area contributed by atoms with Crippen LogP contribution in [0.15, 0.2) is 22.9 Å². The van der Waals surface area contributed by atoms with Crippen molar-refractivity contribution in [3.63, 3.8) is 0 Å². The largest absolute Gasteiger partial charge is 0.444 e. The molecule has 0 N–H and O–H groups in total. The molecule has 0 atom stereocenters. The number of nitriles is 1. The highest BCUT2D eigenvalue weighted by atomic mass is 79.9. The van der Waals surface area contributed by atoms with Crippen LogP contribution >= 0.6 is 15.9 Å². The minimum atomic E-state index is -0.497. The number of aromatic nitrogens is 1. The van der Waals surface area contributed by atoms with Crippen LogP contribution in [0.5, 0.6) is 0 Å². The van der Waals surface area contributed by atoms with E-state index in [1.54, 1.807) is 17.3 Å². The molecule has 0 aromatic carbocycles. The van der Waals surface area contributed by atoms with Gasteiger partial charge in [-0.3, -0.25) is 4.98 Å². The number of pyridine rings is 1. The molecular formula is C17H22BrN3O2. The number of ether oxygens (including phenoxy) is 1. The Bertz CT molecular complexity index is 611. The number of likely N-dealkylation sites (tertiary alicyclic amines) is 1. The van der Waals surface area contributed by atoms with Crippen molar-refractivity contribution < 1.29 is 9.53 Å². The smallest absolute Gasteiger partial charge is 0.410 e. The third kappa shape index (κ3) is 4.68. The van der Waals surface area contributed by atoms with E-state index in [9.17, 15) is 10.1 Å². The van der Waals surface area contributed by atoms with Gasteiger partial charge in [0.1, 0.15) is 5.60 Å². The third-order valence-corrected chi connectivity index (χ3v) is 4.71. The van der Waals surface area contributed by atoms with Crippen molar-refractivity contribution in [1.82, 2.24) is 9.88 Å². The molecule has 0 radical (unpaired) electrons. The maximum Gasteiger partial charge on any atom is 0.410 e. The molecule has 1 fully saturated rings. The van der Waals surface area contributed by atoms with Crippen molar-refractivity contribution in [3.8, 4) is 6.07 Å². The minimum absolute atomic E-state index is 0.297. The topological polar surface area (TPSA) is 66.2 Å². The normalized spacial score (nSPS) is 17.4. The van der Waals surface area contributed by atoms with Gasteiger partial charge in [-0.05, 0) is 67.6 Å². The van der Waals surface area contributed by atoms with Crippen molar-refractivity contribution in [3.05, 3.63) is 28.5 Å². The van der Waals surface area contributed by atoms with Crippen LogP contribution in [0.25, 0.3) is 0 Å². The van der Waals surface area contributed by atoms with Gasteiger partial charge in [0.15, 0.2) is 0 Å². The molecule has 2 rings (SSSR count). The molecule has 1 aromatic heterocycles. The molecule has 1 aliphatic heterocycles. The number of hydrogen-bond donors (Lipinski definition) is 0. The first-order valence-electron chi connectivity index (χ1n) is 7.72. The summed E-state index contributed by atoms with van der Waals surface area (Å²) in [6.07, 6.45) is 5.15. The zero-order valence-electron chi connectivity index (χ0n) is 13.8. The van der Waals surface area contributed by atoms with Gasteiger partial charge in [-0.25, -0.2) is 4.79 Å². The second-order valence-corrected chi connectivity index (χ2v) is 7.86. The van der Waals surface area contributed by atoms with E-state index in [0.29, 0.717) is 32.4 Å². The van der Waals surface area contributed by atoms with E-state index in [0.717, 1.165) is 10.0 Å². The van der Waals surface area contributed by atoms with Gasteiger partial charge in [0.2, 0.25) is 0 Å². The summed E-state index contributed by atoms with van der Waals surface area (Å²) in [5.74, 6) is 0. The molecule has 0 aliphatic carbocycles. The van der Waals surface area contributed by atoms with Gasteiger partial charge in [0.25, 0.3) is 0 Å². The maximum atomic E-state index is 12.1. The molecular weight excluding hydrogens is 358 g/mol. The van der Waals surface area contributed by atoms with E-state index in [4.69, 9.17) is 4.74 Å². The molecule has 2 heterocycles. The van der Waals surface area contributed by atoms with E-state index < -0.39 is 11.0 Å². The predicted octanol–water partition coefficient (Wildman–Crippen LogP) is 3.93. The molecule has 5 nitrogen and oxygen atoms in total. The van der Waals surface area contributed by atoms with Gasteiger partial charge in [-0.15, -0.1) is 0 Å². The Balaban J connectivity index is 2.02. The highest BCUT2D eigenvalue weighted by Gasteiger charge is 2.37. The molecule has 1 amide bonds. The van der Waals surface area contributed by atoms with Gasteiger partial charge in [0, 0.05) is 30.0 Å². The molecule has 6 heteroatoms. The SMILES string of the molecule is CC(C)(C)OC(=O)N1CCC(C#N)(Cc2ccncc2Br)CC1. The van der Waals surface area contributed by atoms with Gasteiger partial charge < -0.3 is 9.64 Å². The predicted molar refractivity (Wildman–Crippen MR) is 90.7 cm³/mol. The summed E-state index contributed by atoms with van der Waals surface area (Å²) < 4.78 is 6.33. The van der Waals surface area contributed by atoms with Crippen LogP contribution in [0.3, 0.4) is 0 Å².